The average molecular weight is 183 g/mol. The fraction of sp³-hybridized carbons (Fsp3) is 0.667. The number of methoxy groups -OCH3 is 1. The molecule has 1 aromatic rings. The normalized spacial score (nSPS) is 15.6. The van der Waals surface area contributed by atoms with Crippen LogP contribution in [0, 0.1) is 0 Å². The fourth-order valence-electron chi connectivity index (χ4n) is 1.02. The van der Waals surface area contributed by atoms with Gasteiger partial charge in [0.1, 0.15) is 5.82 Å². The van der Waals surface area contributed by atoms with Crippen LogP contribution in [0.15, 0.2) is 12.4 Å². The van der Waals surface area contributed by atoms with Crippen LogP contribution in [-0.4, -0.2) is 29.2 Å². The van der Waals surface area contributed by atoms with E-state index in [-0.39, 0.29) is 6.10 Å². The zero-order valence-electron chi connectivity index (χ0n) is 8.37. The summed E-state index contributed by atoms with van der Waals surface area (Å²) in [7, 11) is 1.72. The molecule has 0 fully saturated rings. The first-order valence-corrected chi connectivity index (χ1v) is 4.48. The Bertz CT molecular complexity index is 223. The van der Waals surface area contributed by atoms with Crippen LogP contribution < -0.4 is 5.32 Å². The van der Waals surface area contributed by atoms with E-state index < -0.39 is 0 Å². The zero-order valence-corrected chi connectivity index (χ0v) is 8.37. The summed E-state index contributed by atoms with van der Waals surface area (Å²) in [5, 5.41) is 3.32. The van der Waals surface area contributed by atoms with E-state index in [9.17, 15) is 0 Å². The third-order valence-electron chi connectivity index (χ3n) is 2.22. The molecule has 2 N–H and O–H groups in total. The Morgan fingerprint density at radius 3 is 2.92 bits per heavy atom. The second-order valence-electron chi connectivity index (χ2n) is 3.15. The Morgan fingerprint density at radius 1 is 1.62 bits per heavy atom. The molecule has 0 saturated carbocycles. The van der Waals surface area contributed by atoms with Crippen molar-refractivity contribution in [3.05, 3.63) is 18.2 Å². The molecule has 2 atom stereocenters. The maximum Gasteiger partial charge on any atom is 0.120 e. The van der Waals surface area contributed by atoms with Crippen molar-refractivity contribution in [1.29, 1.82) is 0 Å². The van der Waals surface area contributed by atoms with Crippen molar-refractivity contribution in [2.24, 2.45) is 0 Å². The van der Waals surface area contributed by atoms with Crippen LogP contribution >= 0.6 is 0 Å². The number of rotatable bonds is 5. The number of hydrogen-bond donors (Lipinski definition) is 2. The van der Waals surface area contributed by atoms with Crippen molar-refractivity contribution < 1.29 is 4.74 Å². The zero-order chi connectivity index (χ0) is 9.68. The van der Waals surface area contributed by atoms with Crippen molar-refractivity contribution in [2.75, 3.05) is 7.11 Å². The summed E-state index contributed by atoms with van der Waals surface area (Å²) >= 11 is 0. The van der Waals surface area contributed by atoms with Gasteiger partial charge in [0.25, 0.3) is 0 Å². The summed E-state index contributed by atoms with van der Waals surface area (Å²) in [6.07, 6.45) is 3.79. The molecule has 0 bridgehead atoms. The SMILES string of the molecule is COC(C)C(C)NCc1ncc[nH]1. The maximum absolute atomic E-state index is 5.19. The van der Waals surface area contributed by atoms with Gasteiger partial charge < -0.3 is 15.0 Å². The average Bonchev–Trinajstić information content (AvgIpc) is 2.65. The van der Waals surface area contributed by atoms with Crippen molar-refractivity contribution >= 4 is 0 Å². The molecule has 74 valence electrons. The van der Waals surface area contributed by atoms with E-state index in [1.807, 2.05) is 13.1 Å². The lowest BCUT2D eigenvalue weighted by molar-refractivity contribution is 0.0880. The maximum atomic E-state index is 5.19. The molecule has 1 rings (SSSR count). The van der Waals surface area contributed by atoms with Crippen LogP contribution in [0.2, 0.25) is 0 Å². The molecule has 1 heterocycles. The quantitative estimate of drug-likeness (QED) is 0.713. The van der Waals surface area contributed by atoms with E-state index in [2.05, 4.69) is 22.2 Å². The van der Waals surface area contributed by atoms with Gasteiger partial charge in [0, 0.05) is 25.5 Å². The molecule has 0 aromatic carbocycles. The van der Waals surface area contributed by atoms with E-state index in [1.165, 1.54) is 0 Å². The number of nitrogens with zero attached hydrogens (tertiary/aromatic N) is 1. The summed E-state index contributed by atoms with van der Waals surface area (Å²) in [4.78, 5) is 7.15. The highest BCUT2D eigenvalue weighted by molar-refractivity contribution is 4.87. The minimum atomic E-state index is 0.218. The van der Waals surface area contributed by atoms with Crippen LogP contribution in [0.5, 0.6) is 0 Å². The number of aromatic amines is 1. The Labute approximate surface area is 78.7 Å². The highest BCUT2D eigenvalue weighted by Gasteiger charge is 2.09. The molecule has 2 unspecified atom stereocenters. The molecule has 0 radical (unpaired) electrons. The largest absolute Gasteiger partial charge is 0.380 e. The van der Waals surface area contributed by atoms with Crippen molar-refractivity contribution in [1.82, 2.24) is 15.3 Å². The lowest BCUT2D eigenvalue weighted by Gasteiger charge is -2.19. The molecule has 0 aliphatic heterocycles. The standard InChI is InChI=1S/C9H17N3O/c1-7(8(2)13-3)12-6-9-10-4-5-11-9/h4-5,7-8,12H,6H2,1-3H3,(H,10,11). The van der Waals surface area contributed by atoms with Gasteiger partial charge in [-0.1, -0.05) is 0 Å². The van der Waals surface area contributed by atoms with E-state index >= 15 is 0 Å². The number of imidazole rings is 1. The molecule has 13 heavy (non-hydrogen) atoms. The topological polar surface area (TPSA) is 49.9 Å². The summed E-state index contributed by atoms with van der Waals surface area (Å²) < 4.78 is 5.19. The monoisotopic (exact) mass is 183 g/mol. The van der Waals surface area contributed by atoms with E-state index in [1.54, 1.807) is 13.3 Å². The first-order chi connectivity index (χ1) is 6.24. The molecule has 1 aromatic heterocycles. The third-order valence-corrected chi connectivity index (χ3v) is 2.22. The highest BCUT2D eigenvalue weighted by atomic mass is 16.5. The van der Waals surface area contributed by atoms with Crippen LogP contribution in [-0.2, 0) is 11.3 Å². The minimum absolute atomic E-state index is 0.218. The second-order valence-corrected chi connectivity index (χ2v) is 3.15. The highest BCUT2D eigenvalue weighted by Crippen LogP contribution is 1.97. The minimum Gasteiger partial charge on any atom is -0.380 e. The Hall–Kier alpha value is -0.870. The van der Waals surface area contributed by atoms with Crippen LogP contribution in [0.25, 0.3) is 0 Å². The molecule has 0 aliphatic rings. The summed E-state index contributed by atoms with van der Waals surface area (Å²) in [6, 6.07) is 0.329. The summed E-state index contributed by atoms with van der Waals surface area (Å²) in [5.74, 6) is 0.954. The number of aromatic nitrogens is 2. The predicted molar refractivity (Wildman–Crippen MR) is 51.4 cm³/mol. The van der Waals surface area contributed by atoms with Gasteiger partial charge in [-0.15, -0.1) is 0 Å². The molecule has 4 heteroatoms. The van der Waals surface area contributed by atoms with Gasteiger partial charge in [0.05, 0.1) is 12.6 Å². The lowest BCUT2D eigenvalue weighted by atomic mass is 10.2. The van der Waals surface area contributed by atoms with Gasteiger partial charge in [-0.2, -0.15) is 0 Å². The number of ether oxygens (including phenoxy) is 1. The van der Waals surface area contributed by atoms with Gasteiger partial charge in [-0.25, -0.2) is 4.98 Å². The lowest BCUT2D eigenvalue weighted by Crippen LogP contribution is -2.36. The third kappa shape index (κ3) is 3.16. The van der Waals surface area contributed by atoms with Crippen LogP contribution in [0.1, 0.15) is 19.7 Å². The van der Waals surface area contributed by atoms with E-state index in [0.29, 0.717) is 6.04 Å². The first kappa shape index (κ1) is 10.2. The van der Waals surface area contributed by atoms with Gasteiger partial charge in [0.15, 0.2) is 0 Å². The molecule has 0 saturated heterocycles. The van der Waals surface area contributed by atoms with E-state index in [0.717, 1.165) is 12.4 Å². The van der Waals surface area contributed by atoms with Crippen molar-refractivity contribution in [3.63, 3.8) is 0 Å². The van der Waals surface area contributed by atoms with E-state index in [4.69, 9.17) is 4.74 Å². The first-order valence-electron chi connectivity index (χ1n) is 4.48. The van der Waals surface area contributed by atoms with Crippen molar-refractivity contribution in [2.45, 2.75) is 32.5 Å². The van der Waals surface area contributed by atoms with Gasteiger partial charge in [-0.3, -0.25) is 0 Å². The van der Waals surface area contributed by atoms with Crippen molar-refractivity contribution in [3.8, 4) is 0 Å². The molecule has 0 spiro atoms. The summed E-state index contributed by atoms with van der Waals surface area (Å²) in [5.41, 5.74) is 0. The molecule has 0 amide bonds. The molecular formula is C9H17N3O. The molecule has 0 aliphatic carbocycles. The smallest absolute Gasteiger partial charge is 0.120 e. The Balaban J connectivity index is 2.26. The number of hydrogen-bond acceptors (Lipinski definition) is 3. The molecule has 4 nitrogen and oxygen atoms in total. The Morgan fingerprint density at radius 2 is 2.38 bits per heavy atom. The molecular weight excluding hydrogens is 166 g/mol. The second kappa shape index (κ2) is 4.99. The number of H-pyrrole nitrogens is 1. The van der Waals surface area contributed by atoms with Crippen LogP contribution in [0.3, 0.4) is 0 Å². The fourth-order valence-corrected chi connectivity index (χ4v) is 1.02. The van der Waals surface area contributed by atoms with Gasteiger partial charge in [0.2, 0.25) is 0 Å². The summed E-state index contributed by atoms with van der Waals surface area (Å²) in [6.45, 7) is 4.89. The number of nitrogens with one attached hydrogen (secondary N) is 2. The Kier molecular flexibility index (Phi) is 3.92. The van der Waals surface area contributed by atoms with Gasteiger partial charge >= 0.3 is 0 Å². The predicted octanol–water partition coefficient (Wildman–Crippen LogP) is 0.923. The van der Waals surface area contributed by atoms with Gasteiger partial charge in [-0.05, 0) is 13.8 Å². The van der Waals surface area contributed by atoms with Crippen LogP contribution in [0.4, 0.5) is 0 Å².